The van der Waals surface area contributed by atoms with Gasteiger partial charge in [0.05, 0.1) is 15.1 Å². The summed E-state index contributed by atoms with van der Waals surface area (Å²) in [6.45, 7) is 5.71. The minimum absolute atomic E-state index is 0.00160. The van der Waals surface area contributed by atoms with Gasteiger partial charge in [0.25, 0.3) is 11.2 Å². The molecule has 0 saturated carbocycles. The molecule has 0 spiro atoms. The van der Waals surface area contributed by atoms with Gasteiger partial charge < -0.3 is 0 Å². The molecule has 3 aromatic rings. The number of imidazole rings is 1. The third-order valence-electron chi connectivity index (χ3n) is 3.21. The second-order valence-electron chi connectivity index (χ2n) is 4.57. The van der Waals surface area contributed by atoms with Crippen LogP contribution < -0.4 is 5.56 Å². The predicted molar refractivity (Wildman–Crippen MR) is 91.2 cm³/mol. The summed E-state index contributed by atoms with van der Waals surface area (Å²) in [5.74, 6) is -0.589. The Bertz CT molecular complexity index is 981. The number of nitro groups is 1. The molecule has 0 unspecified atom stereocenters. The molecule has 0 aliphatic heterocycles. The number of nitro benzene ring substituents is 1. The summed E-state index contributed by atoms with van der Waals surface area (Å²) in [5.41, 5.74) is -0.461. The van der Waals surface area contributed by atoms with E-state index < -0.39 is 16.3 Å². The van der Waals surface area contributed by atoms with E-state index in [1.807, 2.05) is 13.8 Å². The topological polar surface area (TPSA) is 82.4 Å². The van der Waals surface area contributed by atoms with Crippen LogP contribution in [-0.4, -0.2) is 18.9 Å². The quantitative estimate of drug-likeness (QED) is 0.489. The highest BCUT2D eigenvalue weighted by atomic mass is 79.9. The standard InChI is InChI=1S/C13H8BrFN4O3.C2H6/c1-7-4-12(20)18(13-16-2-3-17(7)13)11-6-10(19(21)22)8(14)5-9(11)15;1-2/h2-6H,1H3;1-2H3. The van der Waals surface area contributed by atoms with Crippen LogP contribution in [0.5, 0.6) is 0 Å². The molecule has 0 radical (unpaired) electrons. The maximum Gasteiger partial charge on any atom is 0.285 e. The van der Waals surface area contributed by atoms with Gasteiger partial charge >= 0.3 is 0 Å². The van der Waals surface area contributed by atoms with E-state index in [0.717, 1.165) is 16.7 Å². The molecule has 1 aromatic carbocycles. The molecule has 0 aliphatic rings. The lowest BCUT2D eigenvalue weighted by atomic mass is 10.2. The van der Waals surface area contributed by atoms with E-state index in [2.05, 4.69) is 20.9 Å². The van der Waals surface area contributed by atoms with Crippen LogP contribution in [0.25, 0.3) is 11.5 Å². The molecular formula is C15H14BrFN4O3. The van der Waals surface area contributed by atoms with Crippen molar-refractivity contribution in [2.45, 2.75) is 20.8 Å². The number of fused-ring (bicyclic) bond motifs is 1. The van der Waals surface area contributed by atoms with Crippen LogP contribution in [0.3, 0.4) is 0 Å². The average Bonchev–Trinajstić information content (AvgIpc) is 3.00. The van der Waals surface area contributed by atoms with Crippen molar-refractivity contribution in [2.24, 2.45) is 0 Å². The third kappa shape index (κ3) is 2.94. The Balaban J connectivity index is 0.00000100. The van der Waals surface area contributed by atoms with Crippen molar-refractivity contribution in [2.75, 3.05) is 0 Å². The molecule has 0 N–H and O–H groups in total. The van der Waals surface area contributed by atoms with Gasteiger partial charge in [-0.2, -0.15) is 0 Å². The Kier molecular flexibility index (Phi) is 5.13. The Morgan fingerprint density at radius 3 is 2.58 bits per heavy atom. The minimum atomic E-state index is -0.770. The second kappa shape index (κ2) is 6.91. The van der Waals surface area contributed by atoms with Gasteiger partial charge in [0.1, 0.15) is 5.82 Å². The zero-order valence-electron chi connectivity index (χ0n) is 13.2. The largest absolute Gasteiger partial charge is 0.289 e. The van der Waals surface area contributed by atoms with Crippen molar-refractivity contribution in [3.8, 4) is 5.69 Å². The van der Waals surface area contributed by atoms with Crippen LogP contribution >= 0.6 is 15.9 Å². The molecule has 2 heterocycles. The van der Waals surface area contributed by atoms with Crippen molar-refractivity contribution in [1.29, 1.82) is 0 Å². The van der Waals surface area contributed by atoms with Crippen LogP contribution in [0.4, 0.5) is 10.1 Å². The fourth-order valence-electron chi connectivity index (χ4n) is 2.21. The lowest BCUT2D eigenvalue weighted by molar-refractivity contribution is -0.385. The number of halogens is 2. The monoisotopic (exact) mass is 396 g/mol. The van der Waals surface area contributed by atoms with Crippen LogP contribution in [-0.2, 0) is 0 Å². The van der Waals surface area contributed by atoms with Crippen molar-refractivity contribution in [1.82, 2.24) is 14.0 Å². The Morgan fingerprint density at radius 2 is 1.96 bits per heavy atom. The highest BCUT2D eigenvalue weighted by Gasteiger charge is 2.20. The molecule has 126 valence electrons. The summed E-state index contributed by atoms with van der Waals surface area (Å²) in [5, 5.41) is 11.0. The number of aromatic nitrogens is 3. The first-order chi connectivity index (χ1) is 11.4. The molecule has 0 bridgehead atoms. The molecule has 0 aliphatic carbocycles. The summed E-state index contributed by atoms with van der Waals surface area (Å²) in [6, 6.07) is 3.27. The number of rotatable bonds is 2. The van der Waals surface area contributed by atoms with E-state index in [0.29, 0.717) is 5.69 Å². The van der Waals surface area contributed by atoms with Crippen molar-refractivity contribution in [3.63, 3.8) is 0 Å². The van der Waals surface area contributed by atoms with Gasteiger partial charge in [0.15, 0.2) is 0 Å². The molecule has 3 rings (SSSR count). The van der Waals surface area contributed by atoms with E-state index in [4.69, 9.17) is 0 Å². The van der Waals surface area contributed by atoms with Gasteiger partial charge in [-0.15, -0.1) is 0 Å². The summed E-state index contributed by atoms with van der Waals surface area (Å²) in [7, 11) is 0. The smallest absolute Gasteiger partial charge is 0.285 e. The Hall–Kier alpha value is -2.55. The molecular weight excluding hydrogens is 383 g/mol. The van der Waals surface area contributed by atoms with Gasteiger partial charge in [-0.25, -0.2) is 13.9 Å². The van der Waals surface area contributed by atoms with E-state index in [1.165, 1.54) is 12.3 Å². The molecule has 2 aromatic heterocycles. The van der Waals surface area contributed by atoms with Crippen LogP contribution in [0.2, 0.25) is 0 Å². The number of benzene rings is 1. The van der Waals surface area contributed by atoms with Crippen molar-refractivity contribution >= 4 is 27.4 Å². The fraction of sp³-hybridized carbons (Fsp3) is 0.200. The first kappa shape index (κ1) is 17.8. The first-order valence-corrected chi connectivity index (χ1v) is 7.89. The molecule has 9 heteroatoms. The molecule has 0 atom stereocenters. The number of aryl methyl sites for hydroxylation is 1. The predicted octanol–water partition coefficient (Wildman–Crippen LogP) is 3.63. The maximum atomic E-state index is 14.2. The number of hydrogen-bond acceptors (Lipinski definition) is 4. The molecule has 0 fully saturated rings. The van der Waals surface area contributed by atoms with Gasteiger partial charge in [0.2, 0.25) is 5.78 Å². The SMILES string of the molecule is CC.Cc1cc(=O)n(-c2cc([N+](=O)[O-])c(Br)cc2F)c2nccn12. The van der Waals surface area contributed by atoms with Gasteiger partial charge in [0, 0.05) is 30.2 Å². The lowest BCUT2D eigenvalue weighted by Gasteiger charge is -2.10. The molecule has 7 nitrogen and oxygen atoms in total. The zero-order chi connectivity index (χ0) is 18.0. The Morgan fingerprint density at radius 1 is 1.29 bits per heavy atom. The third-order valence-corrected chi connectivity index (χ3v) is 3.84. The van der Waals surface area contributed by atoms with E-state index in [-0.39, 0.29) is 21.6 Å². The second-order valence-corrected chi connectivity index (χ2v) is 5.42. The zero-order valence-corrected chi connectivity index (χ0v) is 14.7. The van der Waals surface area contributed by atoms with Gasteiger partial charge in [-0.05, 0) is 28.9 Å². The van der Waals surface area contributed by atoms with E-state index in [1.54, 1.807) is 17.5 Å². The average molecular weight is 397 g/mol. The van der Waals surface area contributed by atoms with E-state index in [9.17, 15) is 19.3 Å². The lowest BCUT2D eigenvalue weighted by Crippen LogP contribution is -2.22. The summed E-state index contributed by atoms with van der Waals surface area (Å²) >= 11 is 2.94. The molecule has 0 amide bonds. The van der Waals surface area contributed by atoms with Gasteiger partial charge in [-0.3, -0.25) is 19.3 Å². The number of hydrogen-bond donors (Lipinski definition) is 0. The Labute approximate surface area is 144 Å². The minimum Gasteiger partial charge on any atom is -0.289 e. The summed E-state index contributed by atoms with van der Waals surface area (Å²) in [6.07, 6.45) is 3.08. The van der Waals surface area contributed by atoms with Crippen molar-refractivity contribution in [3.05, 3.63) is 67.0 Å². The van der Waals surface area contributed by atoms with Crippen LogP contribution in [0.15, 0.2) is 39.9 Å². The highest BCUT2D eigenvalue weighted by Crippen LogP contribution is 2.29. The van der Waals surface area contributed by atoms with Crippen LogP contribution in [0, 0.1) is 22.9 Å². The first-order valence-electron chi connectivity index (χ1n) is 7.09. The molecule has 0 saturated heterocycles. The number of nitrogens with zero attached hydrogens (tertiary/aromatic N) is 4. The maximum absolute atomic E-state index is 14.2. The summed E-state index contributed by atoms with van der Waals surface area (Å²) < 4.78 is 16.8. The van der Waals surface area contributed by atoms with Crippen LogP contribution in [0.1, 0.15) is 19.5 Å². The summed E-state index contributed by atoms with van der Waals surface area (Å²) in [4.78, 5) is 26.6. The van der Waals surface area contributed by atoms with Gasteiger partial charge in [-0.1, -0.05) is 13.8 Å². The molecule has 24 heavy (non-hydrogen) atoms. The fourth-order valence-corrected chi connectivity index (χ4v) is 2.67. The van der Waals surface area contributed by atoms with E-state index >= 15 is 0 Å². The van der Waals surface area contributed by atoms with Crippen molar-refractivity contribution < 1.29 is 9.31 Å². The normalized spacial score (nSPS) is 10.4. The highest BCUT2D eigenvalue weighted by molar-refractivity contribution is 9.10.